The minimum atomic E-state index is -0.674. The maximum atomic E-state index is 11.7. The molecule has 0 radical (unpaired) electrons. The molecule has 19 heavy (non-hydrogen) atoms. The van der Waals surface area contributed by atoms with Crippen molar-refractivity contribution in [3.05, 3.63) is 33.8 Å². The molecule has 1 rings (SSSR count). The molecule has 0 aliphatic rings. The van der Waals surface area contributed by atoms with Crippen LogP contribution in [0.1, 0.15) is 24.2 Å². The van der Waals surface area contributed by atoms with E-state index in [2.05, 4.69) is 5.32 Å². The van der Waals surface area contributed by atoms with E-state index in [1.807, 2.05) is 13.8 Å². The normalized spacial score (nSPS) is 10.4. The molecule has 6 heteroatoms. The average molecular weight is 304 g/mol. The van der Waals surface area contributed by atoms with Crippen molar-refractivity contribution in [2.75, 3.05) is 13.2 Å². The number of esters is 1. The lowest BCUT2D eigenvalue weighted by molar-refractivity contribution is -0.124. The van der Waals surface area contributed by atoms with Crippen LogP contribution in [0, 0.1) is 5.92 Å². The van der Waals surface area contributed by atoms with Crippen LogP contribution in [-0.4, -0.2) is 25.0 Å². The molecule has 0 aliphatic carbocycles. The first kappa shape index (κ1) is 15.8. The van der Waals surface area contributed by atoms with Crippen molar-refractivity contribution in [2.24, 2.45) is 5.92 Å². The van der Waals surface area contributed by atoms with Crippen molar-refractivity contribution in [1.29, 1.82) is 0 Å². The summed E-state index contributed by atoms with van der Waals surface area (Å²) < 4.78 is 4.86. The minimum Gasteiger partial charge on any atom is -0.452 e. The summed E-state index contributed by atoms with van der Waals surface area (Å²) in [6.45, 7) is 4.14. The van der Waals surface area contributed by atoms with Gasteiger partial charge in [0.25, 0.3) is 5.91 Å². The van der Waals surface area contributed by atoms with E-state index in [0.717, 1.165) is 0 Å². The highest BCUT2D eigenvalue weighted by Crippen LogP contribution is 2.25. The summed E-state index contributed by atoms with van der Waals surface area (Å²) in [6.07, 6.45) is 0. The van der Waals surface area contributed by atoms with Gasteiger partial charge in [0.05, 0.1) is 15.6 Å². The summed E-state index contributed by atoms with van der Waals surface area (Å²) in [5.74, 6) is -0.686. The number of nitrogens with one attached hydrogen (secondary N) is 1. The topological polar surface area (TPSA) is 55.4 Å². The second-order valence-electron chi connectivity index (χ2n) is 4.38. The Hall–Kier alpha value is -1.26. The van der Waals surface area contributed by atoms with Gasteiger partial charge in [-0.05, 0) is 18.1 Å². The molecule has 0 fully saturated rings. The third-order valence-corrected chi connectivity index (χ3v) is 3.03. The van der Waals surface area contributed by atoms with Crippen molar-refractivity contribution >= 4 is 35.1 Å². The summed E-state index contributed by atoms with van der Waals surface area (Å²) >= 11 is 11.7. The Morgan fingerprint density at radius 1 is 1.32 bits per heavy atom. The highest BCUT2D eigenvalue weighted by atomic mass is 35.5. The Morgan fingerprint density at radius 3 is 2.63 bits per heavy atom. The van der Waals surface area contributed by atoms with Gasteiger partial charge in [-0.1, -0.05) is 43.1 Å². The number of rotatable bonds is 5. The van der Waals surface area contributed by atoms with Gasteiger partial charge in [-0.3, -0.25) is 4.79 Å². The predicted octanol–water partition coefficient (Wildman–Crippen LogP) is 2.92. The molecule has 0 aromatic heterocycles. The van der Waals surface area contributed by atoms with Crippen molar-refractivity contribution in [3.63, 3.8) is 0 Å². The quantitative estimate of drug-likeness (QED) is 0.851. The number of hydrogen-bond donors (Lipinski definition) is 1. The Labute approximate surface area is 122 Å². The monoisotopic (exact) mass is 303 g/mol. The average Bonchev–Trinajstić information content (AvgIpc) is 2.36. The first-order chi connectivity index (χ1) is 8.91. The van der Waals surface area contributed by atoms with Gasteiger partial charge in [-0.25, -0.2) is 4.79 Å². The largest absolute Gasteiger partial charge is 0.452 e. The number of carbonyl (C=O) groups excluding carboxylic acids is 2. The summed E-state index contributed by atoms with van der Waals surface area (Å²) in [4.78, 5) is 23.1. The SMILES string of the molecule is CC(C)CNC(=O)COC(=O)c1cccc(Cl)c1Cl. The number of ether oxygens (including phenoxy) is 1. The molecule has 0 heterocycles. The van der Waals surface area contributed by atoms with Crippen LogP contribution in [-0.2, 0) is 9.53 Å². The van der Waals surface area contributed by atoms with Gasteiger partial charge in [0, 0.05) is 6.54 Å². The fourth-order valence-corrected chi connectivity index (χ4v) is 1.62. The number of benzene rings is 1. The first-order valence-corrected chi connectivity index (χ1v) is 6.55. The maximum absolute atomic E-state index is 11.7. The molecule has 0 bridgehead atoms. The number of carbonyl (C=O) groups is 2. The molecule has 0 saturated heterocycles. The van der Waals surface area contributed by atoms with Gasteiger partial charge >= 0.3 is 5.97 Å². The van der Waals surface area contributed by atoms with Crippen LogP contribution in [0.3, 0.4) is 0 Å². The predicted molar refractivity (Wildman–Crippen MR) is 74.6 cm³/mol. The zero-order valence-corrected chi connectivity index (χ0v) is 12.2. The molecule has 4 nitrogen and oxygen atoms in total. The van der Waals surface area contributed by atoms with Crippen molar-refractivity contribution in [2.45, 2.75) is 13.8 Å². The van der Waals surface area contributed by atoms with Gasteiger partial charge < -0.3 is 10.1 Å². The van der Waals surface area contributed by atoms with Crippen LogP contribution in [0.25, 0.3) is 0 Å². The molecule has 0 unspecified atom stereocenters. The minimum absolute atomic E-state index is 0.122. The van der Waals surface area contributed by atoms with E-state index < -0.39 is 5.97 Å². The fourth-order valence-electron chi connectivity index (χ4n) is 1.24. The molecule has 1 aromatic rings. The lowest BCUT2D eigenvalue weighted by Gasteiger charge is -2.09. The molecule has 0 spiro atoms. The summed E-state index contributed by atoms with van der Waals surface area (Å²) in [5, 5.41) is 3.03. The van der Waals surface area contributed by atoms with Gasteiger partial charge in [0.1, 0.15) is 0 Å². The van der Waals surface area contributed by atoms with Crippen LogP contribution in [0.5, 0.6) is 0 Å². The molecule has 0 aliphatic heterocycles. The molecule has 0 atom stereocenters. The van der Waals surface area contributed by atoms with E-state index in [1.54, 1.807) is 12.1 Å². The summed E-state index contributed by atoms with van der Waals surface area (Å²) in [6, 6.07) is 4.64. The molecular formula is C13H15Cl2NO3. The Kier molecular flexibility index (Phi) is 6.12. The third-order valence-electron chi connectivity index (χ3n) is 2.21. The van der Waals surface area contributed by atoms with E-state index in [0.29, 0.717) is 12.5 Å². The first-order valence-electron chi connectivity index (χ1n) is 5.79. The third kappa shape index (κ3) is 5.09. The number of amides is 1. The second kappa shape index (κ2) is 7.36. The van der Waals surface area contributed by atoms with E-state index in [1.165, 1.54) is 6.07 Å². The maximum Gasteiger partial charge on any atom is 0.340 e. The molecule has 1 aromatic carbocycles. The zero-order chi connectivity index (χ0) is 14.4. The molecule has 104 valence electrons. The molecule has 1 N–H and O–H groups in total. The van der Waals surface area contributed by atoms with Crippen molar-refractivity contribution in [3.8, 4) is 0 Å². The van der Waals surface area contributed by atoms with E-state index in [4.69, 9.17) is 27.9 Å². The lowest BCUT2D eigenvalue weighted by Crippen LogP contribution is -2.31. The van der Waals surface area contributed by atoms with Crippen LogP contribution < -0.4 is 5.32 Å². The van der Waals surface area contributed by atoms with Crippen molar-refractivity contribution < 1.29 is 14.3 Å². The summed E-state index contributed by atoms with van der Waals surface area (Å²) in [7, 11) is 0. The molecular weight excluding hydrogens is 289 g/mol. The Balaban J connectivity index is 2.52. The van der Waals surface area contributed by atoms with Gasteiger partial charge in [-0.15, -0.1) is 0 Å². The number of halogens is 2. The lowest BCUT2D eigenvalue weighted by atomic mass is 10.2. The molecule has 1 amide bonds. The number of hydrogen-bond acceptors (Lipinski definition) is 3. The van der Waals surface area contributed by atoms with Gasteiger partial charge in [-0.2, -0.15) is 0 Å². The highest BCUT2D eigenvalue weighted by molar-refractivity contribution is 6.43. The van der Waals surface area contributed by atoms with Gasteiger partial charge in [0.15, 0.2) is 6.61 Å². The van der Waals surface area contributed by atoms with Gasteiger partial charge in [0.2, 0.25) is 0 Å². The van der Waals surface area contributed by atoms with Crippen LogP contribution in [0.15, 0.2) is 18.2 Å². The smallest absolute Gasteiger partial charge is 0.340 e. The van der Waals surface area contributed by atoms with Crippen LogP contribution >= 0.6 is 23.2 Å². The van der Waals surface area contributed by atoms with Crippen LogP contribution in [0.4, 0.5) is 0 Å². The summed E-state index contributed by atoms with van der Waals surface area (Å²) in [5.41, 5.74) is 0.144. The second-order valence-corrected chi connectivity index (χ2v) is 5.16. The van der Waals surface area contributed by atoms with E-state index in [-0.39, 0.29) is 28.1 Å². The van der Waals surface area contributed by atoms with E-state index >= 15 is 0 Å². The Bertz CT molecular complexity index is 475. The fraction of sp³-hybridized carbons (Fsp3) is 0.385. The van der Waals surface area contributed by atoms with Crippen LogP contribution in [0.2, 0.25) is 10.0 Å². The highest BCUT2D eigenvalue weighted by Gasteiger charge is 2.15. The zero-order valence-electron chi connectivity index (χ0n) is 10.7. The Morgan fingerprint density at radius 2 is 2.00 bits per heavy atom. The van der Waals surface area contributed by atoms with E-state index in [9.17, 15) is 9.59 Å². The van der Waals surface area contributed by atoms with Crippen molar-refractivity contribution in [1.82, 2.24) is 5.32 Å². The standard InChI is InChI=1S/C13H15Cl2NO3/c1-8(2)6-16-11(17)7-19-13(18)9-4-3-5-10(14)12(9)15/h3-5,8H,6-7H2,1-2H3,(H,16,17). The molecule has 0 saturated carbocycles.